The van der Waals surface area contributed by atoms with E-state index in [-0.39, 0.29) is 12.2 Å². The van der Waals surface area contributed by atoms with Gasteiger partial charge < -0.3 is 4.74 Å². The van der Waals surface area contributed by atoms with Crippen LogP contribution in [0.3, 0.4) is 0 Å². The molecule has 0 bridgehead atoms. The van der Waals surface area contributed by atoms with E-state index in [1.165, 1.54) is 11.8 Å². The van der Waals surface area contributed by atoms with Gasteiger partial charge in [0.05, 0.1) is 6.61 Å². The molecule has 166 valence electrons. The largest absolute Gasteiger partial charge is 0.377 e. The summed E-state index contributed by atoms with van der Waals surface area (Å²) >= 11 is 3.02. The van der Waals surface area contributed by atoms with E-state index in [1.807, 2.05) is 49.6 Å². The van der Waals surface area contributed by atoms with Gasteiger partial charge in [-0.05, 0) is 37.6 Å². The highest BCUT2D eigenvalue weighted by molar-refractivity contribution is 7.98. The zero-order valence-corrected chi connectivity index (χ0v) is 19.6. The molecule has 1 aromatic carbocycles. The van der Waals surface area contributed by atoms with Gasteiger partial charge in [-0.2, -0.15) is 4.09 Å². The van der Waals surface area contributed by atoms with Crippen LogP contribution in [0.25, 0.3) is 22.4 Å². The van der Waals surface area contributed by atoms with Gasteiger partial charge in [-0.25, -0.2) is 15.0 Å². The zero-order chi connectivity index (χ0) is 22.3. The number of aromatic nitrogens is 6. The number of hydrogen-bond donors (Lipinski definition) is 0. The van der Waals surface area contributed by atoms with E-state index in [4.69, 9.17) is 4.74 Å². The first kappa shape index (κ1) is 22.5. The number of nitrogens with zero attached hydrogens (tertiary/aromatic N) is 6. The van der Waals surface area contributed by atoms with Crippen molar-refractivity contribution < 1.29 is 4.74 Å². The number of aryl methyl sites for hydroxylation is 1. The number of rotatable bonds is 10. The molecule has 8 nitrogen and oxygen atoms in total. The Balaban J connectivity index is 1.48. The van der Waals surface area contributed by atoms with Crippen molar-refractivity contribution in [1.29, 1.82) is 0 Å². The molecule has 0 atom stereocenters. The zero-order valence-electron chi connectivity index (χ0n) is 18.0. The smallest absolute Gasteiger partial charge is 0.257 e. The van der Waals surface area contributed by atoms with Crippen LogP contribution in [0.2, 0.25) is 0 Å². The molecule has 0 unspecified atom stereocenters. The average molecular weight is 469 g/mol. The van der Waals surface area contributed by atoms with E-state index in [0.717, 1.165) is 23.1 Å². The quantitative estimate of drug-likeness (QED) is 0.197. The number of fused-ring (bicyclic) bond motifs is 1. The molecule has 0 aliphatic rings. The standard InChI is InChI=1S/C22H24N6O2S2/c1-3-30-14-18-12-17-13-23-22(31-2)25-20(17)27(21(18)29)10-7-11-32-28-15-24-19(26-28)16-8-5-4-6-9-16/h4-6,8-9,12-13,15H,3,7,10-11,14H2,1-2H3. The van der Waals surface area contributed by atoms with Crippen LogP contribution in [0, 0.1) is 0 Å². The van der Waals surface area contributed by atoms with Crippen molar-refractivity contribution in [3.05, 3.63) is 64.8 Å². The highest BCUT2D eigenvalue weighted by Crippen LogP contribution is 2.18. The monoisotopic (exact) mass is 468 g/mol. The molecule has 0 fully saturated rings. The average Bonchev–Trinajstić information content (AvgIpc) is 3.31. The SMILES string of the molecule is CCOCc1cc2cnc(SC)nc2n(CCCSn2cnc(-c3ccccc3)n2)c1=O. The highest BCUT2D eigenvalue weighted by Gasteiger charge is 2.12. The molecule has 3 aromatic heterocycles. The van der Waals surface area contributed by atoms with Crippen molar-refractivity contribution in [3.63, 3.8) is 0 Å². The Kier molecular flexibility index (Phi) is 7.56. The third-order valence-electron chi connectivity index (χ3n) is 4.78. The summed E-state index contributed by atoms with van der Waals surface area (Å²) < 4.78 is 9.00. The normalized spacial score (nSPS) is 11.3. The van der Waals surface area contributed by atoms with Crippen molar-refractivity contribution in [2.24, 2.45) is 0 Å². The Morgan fingerprint density at radius 2 is 2.00 bits per heavy atom. The first-order chi connectivity index (χ1) is 15.7. The Morgan fingerprint density at radius 3 is 2.78 bits per heavy atom. The van der Waals surface area contributed by atoms with Gasteiger partial charge in [0, 0.05) is 41.6 Å². The van der Waals surface area contributed by atoms with Crippen LogP contribution in [-0.2, 0) is 17.9 Å². The predicted molar refractivity (Wildman–Crippen MR) is 129 cm³/mol. The summed E-state index contributed by atoms with van der Waals surface area (Å²) in [4.78, 5) is 26.4. The molecule has 10 heteroatoms. The molecule has 0 amide bonds. The summed E-state index contributed by atoms with van der Waals surface area (Å²) in [6.45, 7) is 3.30. The Morgan fingerprint density at radius 1 is 1.16 bits per heavy atom. The molecule has 0 aliphatic heterocycles. The summed E-state index contributed by atoms with van der Waals surface area (Å²) in [5.41, 5.74) is 2.21. The van der Waals surface area contributed by atoms with Gasteiger partial charge in [-0.3, -0.25) is 9.36 Å². The van der Waals surface area contributed by atoms with Crippen LogP contribution >= 0.6 is 23.7 Å². The molecule has 0 aliphatic carbocycles. The lowest BCUT2D eigenvalue weighted by molar-refractivity contribution is 0.133. The molecule has 0 saturated heterocycles. The fourth-order valence-electron chi connectivity index (χ4n) is 3.24. The van der Waals surface area contributed by atoms with Gasteiger partial charge in [0.1, 0.15) is 12.0 Å². The van der Waals surface area contributed by atoms with E-state index < -0.39 is 0 Å². The van der Waals surface area contributed by atoms with Crippen LogP contribution < -0.4 is 5.56 Å². The maximum absolute atomic E-state index is 13.1. The van der Waals surface area contributed by atoms with Crippen LogP contribution in [0.1, 0.15) is 18.9 Å². The number of pyridine rings is 1. The van der Waals surface area contributed by atoms with Crippen LogP contribution in [0.5, 0.6) is 0 Å². The topological polar surface area (TPSA) is 87.7 Å². The number of ether oxygens (including phenoxy) is 1. The Hall–Kier alpha value is -2.69. The second-order valence-corrected chi connectivity index (χ2v) is 8.74. The molecule has 0 saturated carbocycles. The minimum absolute atomic E-state index is 0.0613. The van der Waals surface area contributed by atoms with Gasteiger partial charge in [0.15, 0.2) is 11.0 Å². The van der Waals surface area contributed by atoms with E-state index in [1.54, 1.807) is 33.1 Å². The summed E-state index contributed by atoms with van der Waals surface area (Å²) in [5, 5.41) is 6.01. The van der Waals surface area contributed by atoms with Crippen molar-refractivity contribution >= 4 is 34.7 Å². The molecule has 0 N–H and O–H groups in total. The Labute approximate surface area is 194 Å². The van der Waals surface area contributed by atoms with Crippen molar-refractivity contribution in [3.8, 4) is 11.4 Å². The van der Waals surface area contributed by atoms with Crippen molar-refractivity contribution in [2.45, 2.75) is 31.7 Å². The fraction of sp³-hybridized carbons (Fsp3) is 0.318. The molecule has 0 radical (unpaired) electrons. The minimum Gasteiger partial charge on any atom is -0.377 e. The van der Waals surface area contributed by atoms with E-state index >= 15 is 0 Å². The fourth-order valence-corrected chi connectivity index (χ4v) is 4.27. The van der Waals surface area contributed by atoms with Gasteiger partial charge in [0.2, 0.25) is 0 Å². The third-order valence-corrected chi connectivity index (χ3v) is 6.25. The van der Waals surface area contributed by atoms with Gasteiger partial charge >= 0.3 is 0 Å². The first-order valence-corrected chi connectivity index (χ1v) is 12.5. The molecular weight excluding hydrogens is 444 g/mol. The Bertz CT molecular complexity index is 1240. The van der Waals surface area contributed by atoms with Crippen molar-refractivity contribution in [1.82, 2.24) is 28.7 Å². The number of hydrogen-bond acceptors (Lipinski definition) is 8. The number of benzene rings is 1. The number of thioether (sulfide) groups is 1. The lowest BCUT2D eigenvalue weighted by Gasteiger charge is -2.12. The lowest BCUT2D eigenvalue weighted by atomic mass is 10.2. The third kappa shape index (κ3) is 5.20. The molecule has 0 spiro atoms. The first-order valence-electron chi connectivity index (χ1n) is 10.3. The van der Waals surface area contributed by atoms with Crippen LogP contribution in [0.4, 0.5) is 0 Å². The summed E-state index contributed by atoms with van der Waals surface area (Å²) in [6, 6.07) is 11.7. The molecule has 4 aromatic rings. The maximum atomic E-state index is 13.1. The second kappa shape index (κ2) is 10.8. The van der Waals surface area contributed by atoms with Crippen LogP contribution in [-0.4, -0.2) is 47.3 Å². The molecule has 4 rings (SSSR count). The highest BCUT2D eigenvalue weighted by atomic mass is 32.2. The van der Waals surface area contributed by atoms with Crippen molar-refractivity contribution in [2.75, 3.05) is 18.6 Å². The summed E-state index contributed by atoms with van der Waals surface area (Å²) in [6.07, 6.45) is 6.19. The van der Waals surface area contributed by atoms with E-state index in [0.29, 0.717) is 35.3 Å². The molecule has 3 heterocycles. The predicted octanol–water partition coefficient (Wildman–Crippen LogP) is 3.90. The molecule has 32 heavy (non-hydrogen) atoms. The van der Waals surface area contributed by atoms with Gasteiger partial charge in [-0.1, -0.05) is 42.1 Å². The molecular formula is C22H24N6O2S2. The van der Waals surface area contributed by atoms with Gasteiger partial charge in [-0.15, -0.1) is 5.10 Å². The lowest BCUT2D eigenvalue weighted by Crippen LogP contribution is -2.26. The summed E-state index contributed by atoms with van der Waals surface area (Å²) in [7, 11) is 0. The van der Waals surface area contributed by atoms with E-state index in [9.17, 15) is 4.79 Å². The minimum atomic E-state index is -0.0613. The van der Waals surface area contributed by atoms with E-state index in [2.05, 4.69) is 20.1 Å². The van der Waals surface area contributed by atoms with Gasteiger partial charge in [0.25, 0.3) is 5.56 Å². The summed E-state index contributed by atoms with van der Waals surface area (Å²) in [5.74, 6) is 1.48. The van der Waals surface area contributed by atoms with Crippen LogP contribution in [0.15, 0.2) is 58.9 Å². The maximum Gasteiger partial charge on any atom is 0.257 e. The second-order valence-electron chi connectivity index (χ2n) is 6.92.